The fourth-order valence-electron chi connectivity index (χ4n) is 2.54. The van der Waals surface area contributed by atoms with Gasteiger partial charge in [-0.25, -0.2) is 4.39 Å². The minimum Gasteiger partial charge on any atom is -0.325 e. The van der Waals surface area contributed by atoms with Gasteiger partial charge in [-0.15, -0.1) is 0 Å². The van der Waals surface area contributed by atoms with Gasteiger partial charge in [0.1, 0.15) is 5.82 Å². The predicted octanol–water partition coefficient (Wildman–Crippen LogP) is 2.93. The number of carbonyl (C=O) groups excluding carboxylic acids is 1. The molecule has 0 bridgehead atoms. The Hall–Kier alpha value is -1.42. The SMILES string of the molecule is CCC1(CNCC(=O)Nc2cccc(F)c2)CCC1. The summed E-state index contributed by atoms with van der Waals surface area (Å²) < 4.78 is 13.0. The average molecular weight is 264 g/mol. The van der Waals surface area contributed by atoms with E-state index in [1.165, 1.54) is 31.4 Å². The van der Waals surface area contributed by atoms with E-state index in [-0.39, 0.29) is 18.3 Å². The average Bonchev–Trinajstić information content (AvgIpc) is 2.32. The molecule has 1 aliphatic carbocycles. The first-order valence-corrected chi connectivity index (χ1v) is 6.90. The maximum atomic E-state index is 13.0. The van der Waals surface area contributed by atoms with E-state index in [4.69, 9.17) is 0 Å². The van der Waals surface area contributed by atoms with Crippen molar-refractivity contribution in [3.8, 4) is 0 Å². The Balaban J connectivity index is 1.73. The van der Waals surface area contributed by atoms with Crippen LogP contribution in [0.4, 0.5) is 10.1 Å². The second-order valence-electron chi connectivity index (χ2n) is 5.37. The summed E-state index contributed by atoms with van der Waals surface area (Å²) in [6, 6.07) is 5.94. The maximum Gasteiger partial charge on any atom is 0.238 e. The number of hydrogen-bond donors (Lipinski definition) is 2. The van der Waals surface area contributed by atoms with Gasteiger partial charge in [0.2, 0.25) is 5.91 Å². The molecule has 19 heavy (non-hydrogen) atoms. The highest BCUT2D eigenvalue weighted by Gasteiger charge is 2.34. The lowest BCUT2D eigenvalue weighted by Crippen LogP contribution is -2.41. The second-order valence-corrected chi connectivity index (χ2v) is 5.37. The molecule has 3 nitrogen and oxygen atoms in total. The van der Waals surface area contributed by atoms with Crippen LogP contribution in [0.1, 0.15) is 32.6 Å². The van der Waals surface area contributed by atoms with Crippen molar-refractivity contribution in [2.24, 2.45) is 5.41 Å². The summed E-state index contributed by atoms with van der Waals surface area (Å²) in [7, 11) is 0. The molecule has 0 atom stereocenters. The number of amides is 1. The van der Waals surface area contributed by atoms with E-state index in [0.717, 1.165) is 13.0 Å². The highest BCUT2D eigenvalue weighted by atomic mass is 19.1. The van der Waals surface area contributed by atoms with Gasteiger partial charge in [0.15, 0.2) is 0 Å². The molecule has 0 heterocycles. The molecule has 2 rings (SSSR count). The summed E-state index contributed by atoms with van der Waals surface area (Å²) in [6.45, 7) is 3.37. The van der Waals surface area contributed by atoms with Gasteiger partial charge in [0.05, 0.1) is 6.54 Å². The highest BCUT2D eigenvalue weighted by Crippen LogP contribution is 2.42. The number of hydrogen-bond acceptors (Lipinski definition) is 2. The fraction of sp³-hybridized carbons (Fsp3) is 0.533. The Morgan fingerprint density at radius 2 is 2.21 bits per heavy atom. The Kier molecular flexibility index (Phi) is 4.53. The molecular formula is C15H21FN2O. The van der Waals surface area contributed by atoms with Crippen LogP contribution < -0.4 is 10.6 Å². The van der Waals surface area contributed by atoms with E-state index < -0.39 is 0 Å². The van der Waals surface area contributed by atoms with E-state index in [1.807, 2.05) is 0 Å². The monoisotopic (exact) mass is 264 g/mol. The minimum atomic E-state index is -0.342. The number of benzene rings is 1. The topological polar surface area (TPSA) is 41.1 Å². The molecule has 1 aromatic rings. The summed E-state index contributed by atoms with van der Waals surface area (Å²) in [5, 5.41) is 5.89. The number of carbonyl (C=O) groups is 1. The molecule has 0 saturated heterocycles. The second kappa shape index (κ2) is 6.15. The first-order chi connectivity index (χ1) is 9.13. The molecule has 1 saturated carbocycles. The van der Waals surface area contributed by atoms with Crippen molar-refractivity contribution in [3.63, 3.8) is 0 Å². The van der Waals surface area contributed by atoms with Gasteiger partial charge in [-0.05, 0) is 42.9 Å². The van der Waals surface area contributed by atoms with Crippen molar-refractivity contribution < 1.29 is 9.18 Å². The van der Waals surface area contributed by atoms with E-state index in [0.29, 0.717) is 11.1 Å². The highest BCUT2D eigenvalue weighted by molar-refractivity contribution is 5.92. The van der Waals surface area contributed by atoms with E-state index in [2.05, 4.69) is 17.6 Å². The number of rotatable bonds is 6. The lowest BCUT2D eigenvalue weighted by atomic mass is 9.67. The van der Waals surface area contributed by atoms with Gasteiger partial charge in [-0.3, -0.25) is 4.79 Å². The van der Waals surface area contributed by atoms with Crippen molar-refractivity contribution in [2.75, 3.05) is 18.4 Å². The van der Waals surface area contributed by atoms with Gasteiger partial charge < -0.3 is 10.6 Å². The Labute approximate surface area is 113 Å². The molecule has 0 radical (unpaired) electrons. The maximum absolute atomic E-state index is 13.0. The predicted molar refractivity (Wildman–Crippen MR) is 74.5 cm³/mol. The molecule has 1 fully saturated rings. The standard InChI is InChI=1S/C15H21FN2O/c1-2-15(7-4-8-15)11-17-10-14(19)18-13-6-3-5-12(16)9-13/h3,5-6,9,17H,2,4,7-8,10-11H2,1H3,(H,18,19). The van der Waals surface area contributed by atoms with Crippen LogP contribution in [-0.2, 0) is 4.79 Å². The van der Waals surface area contributed by atoms with Crippen molar-refractivity contribution in [1.82, 2.24) is 5.32 Å². The third-order valence-electron chi connectivity index (χ3n) is 4.06. The molecule has 0 aromatic heterocycles. The molecular weight excluding hydrogens is 243 g/mol. The van der Waals surface area contributed by atoms with Crippen LogP contribution in [0.15, 0.2) is 24.3 Å². The van der Waals surface area contributed by atoms with Gasteiger partial charge in [0.25, 0.3) is 0 Å². The van der Waals surface area contributed by atoms with Crippen LogP contribution in [0.3, 0.4) is 0 Å². The number of anilines is 1. The molecule has 4 heteroatoms. The van der Waals surface area contributed by atoms with Crippen LogP contribution in [0.5, 0.6) is 0 Å². The first kappa shape index (κ1) is 14.0. The van der Waals surface area contributed by atoms with Crippen molar-refractivity contribution >= 4 is 11.6 Å². The summed E-state index contributed by atoms with van der Waals surface area (Å²) in [6.07, 6.45) is 4.96. The molecule has 104 valence electrons. The molecule has 1 amide bonds. The zero-order chi connectivity index (χ0) is 13.7. The van der Waals surface area contributed by atoms with Crippen LogP contribution in [0, 0.1) is 11.2 Å². The summed E-state index contributed by atoms with van der Waals surface area (Å²) in [5.74, 6) is -0.471. The Bertz CT molecular complexity index is 438. The van der Waals surface area contributed by atoms with Gasteiger partial charge in [0, 0.05) is 12.2 Å². The number of halogens is 1. The van der Waals surface area contributed by atoms with Crippen LogP contribution in [0.25, 0.3) is 0 Å². The quantitative estimate of drug-likeness (QED) is 0.829. The van der Waals surface area contributed by atoms with Crippen molar-refractivity contribution in [3.05, 3.63) is 30.1 Å². The van der Waals surface area contributed by atoms with E-state index >= 15 is 0 Å². The van der Waals surface area contributed by atoms with Gasteiger partial charge in [-0.2, -0.15) is 0 Å². The van der Waals surface area contributed by atoms with Gasteiger partial charge in [-0.1, -0.05) is 19.4 Å². The first-order valence-electron chi connectivity index (χ1n) is 6.90. The zero-order valence-electron chi connectivity index (χ0n) is 11.3. The lowest BCUT2D eigenvalue weighted by molar-refractivity contribution is -0.115. The summed E-state index contributed by atoms with van der Waals surface area (Å²) in [5.41, 5.74) is 0.903. The number of nitrogens with one attached hydrogen (secondary N) is 2. The molecule has 0 spiro atoms. The molecule has 2 N–H and O–H groups in total. The molecule has 1 aromatic carbocycles. The summed E-state index contributed by atoms with van der Waals surface area (Å²) in [4.78, 5) is 11.7. The van der Waals surface area contributed by atoms with E-state index in [1.54, 1.807) is 12.1 Å². The normalized spacial score (nSPS) is 16.7. The van der Waals surface area contributed by atoms with Crippen molar-refractivity contribution in [2.45, 2.75) is 32.6 Å². The van der Waals surface area contributed by atoms with Crippen molar-refractivity contribution in [1.29, 1.82) is 0 Å². The zero-order valence-corrected chi connectivity index (χ0v) is 11.3. The third kappa shape index (κ3) is 3.77. The molecule has 1 aliphatic rings. The molecule has 0 aliphatic heterocycles. The minimum absolute atomic E-state index is 0.129. The third-order valence-corrected chi connectivity index (χ3v) is 4.06. The molecule has 0 unspecified atom stereocenters. The lowest BCUT2D eigenvalue weighted by Gasteiger charge is -2.41. The van der Waals surface area contributed by atoms with Crippen LogP contribution >= 0.6 is 0 Å². The van der Waals surface area contributed by atoms with Crippen LogP contribution in [0.2, 0.25) is 0 Å². The Morgan fingerprint density at radius 1 is 1.42 bits per heavy atom. The largest absolute Gasteiger partial charge is 0.325 e. The smallest absolute Gasteiger partial charge is 0.238 e. The van der Waals surface area contributed by atoms with E-state index in [9.17, 15) is 9.18 Å². The van der Waals surface area contributed by atoms with Crippen LogP contribution in [-0.4, -0.2) is 19.0 Å². The summed E-state index contributed by atoms with van der Waals surface area (Å²) >= 11 is 0. The Morgan fingerprint density at radius 3 is 2.79 bits per heavy atom. The fourth-order valence-corrected chi connectivity index (χ4v) is 2.54. The van der Waals surface area contributed by atoms with Gasteiger partial charge >= 0.3 is 0 Å².